The summed E-state index contributed by atoms with van der Waals surface area (Å²) in [5.74, 6) is -0.239. The van der Waals surface area contributed by atoms with Gasteiger partial charge in [0, 0.05) is 11.3 Å². The fraction of sp³-hybridized carbons (Fsp3) is 0.125. The number of rotatable bonds is 4. The van der Waals surface area contributed by atoms with E-state index < -0.39 is 5.91 Å². The van der Waals surface area contributed by atoms with Gasteiger partial charge in [-0.25, -0.2) is 14.1 Å². The van der Waals surface area contributed by atoms with Crippen LogP contribution in [0.1, 0.15) is 27.3 Å². The first-order chi connectivity index (χ1) is 14.4. The van der Waals surface area contributed by atoms with Crippen LogP contribution in [0.4, 0.5) is 10.1 Å². The Labute approximate surface area is 174 Å². The molecule has 0 aliphatic carbocycles. The monoisotopic (exact) mass is 400 g/mol. The van der Waals surface area contributed by atoms with E-state index >= 15 is 0 Å². The molecule has 0 atom stereocenters. The van der Waals surface area contributed by atoms with Gasteiger partial charge in [0.15, 0.2) is 5.82 Å². The van der Waals surface area contributed by atoms with E-state index in [2.05, 4.69) is 15.4 Å². The molecule has 0 radical (unpaired) electrons. The highest BCUT2D eigenvalue weighted by Gasteiger charge is 2.20. The van der Waals surface area contributed by atoms with Crippen LogP contribution in [0.2, 0.25) is 0 Å². The van der Waals surface area contributed by atoms with Gasteiger partial charge < -0.3 is 5.32 Å². The minimum absolute atomic E-state index is 0.0386. The molecule has 0 unspecified atom stereocenters. The lowest BCUT2D eigenvalue weighted by atomic mass is 10.1. The molecule has 0 aliphatic rings. The third-order valence-electron chi connectivity index (χ3n) is 4.78. The average molecular weight is 400 g/mol. The maximum Gasteiger partial charge on any atom is 0.295 e. The van der Waals surface area contributed by atoms with Gasteiger partial charge in [-0.15, -0.1) is 5.10 Å². The molecule has 4 rings (SSSR count). The molecule has 4 aromatic rings. The Kier molecular flexibility index (Phi) is 5.14. The van der Waals surface area contributed by atoms with Crippen molar-refractivity contribution in [2.75, 3.05) is 5.32 Å². The number of anilines is 1. The fourth-order valence-corrected chi connectivity index (χ4v) is 3.22. The summed E-state index contributed by atoms with van der Waals surface area (Å²) in [6, 6.07) is 19.5. The summed E-state index contributed by atoms with van der Waals surface area (Å²) in [5.41, 5.74) is 5.23. The molecule has 0 saturated heterocycles. The number of nitrogens with one attached hydrogen (secondary N) is 1. The largest absolute Gasteiger partial charge is 0.319 e. The van der Waals surface area contributed by atoms with Gasteiger partial charge in [-0.2, -0.15) is 0 Å². The number of aromatic nitrogens is 3. The van der Waals surface area contributed by atoms with Crippen molar-refractivity contribution in [1.82, 2.24) is 14.8 Å². The first-order valence-electron chi connectivity index (χ1n) is 9.59. The van der Waals surface area contributed by atoms with Crippen LogP contribution in [0.3, 0.4) is 0 Å². The van der Waals surface area contributed by atoms with E-state index in [0.717, 1.165) is 22.4 Å². The van der Waals surface area contributed by atoms with Gasteiger partial charge in [0.1, 0.15) is 5.82 Å². The number of amides is 1. The third-order valence-corrected chi connectivity index (χ3v) is 4.78. The summed E-state index contributed by atoms with van der Waals surface area (Å²) < 4.78 is 15.1. The van der Waals surface area contributed by atoms with Crippen molar-refractivity contribution in [3.63, 3.8) is 0 Å². The number of carbonyl (C=O) groups is 1. The Morgan fingerprint density at radius 2 is 1.67 bits per heavy atom. The van der Waals surface area contributed by atoms with Gasteiger partial charge in [0.2, 0.25) is 5.82 Å². The second kappa shape index (κ2) is 7.91. The number of hydrogen-bond acceptors (Lipinski definition) is 3. The second-order valence-corrected chi connectivity index (χ2v) is 7.29. The van der Waals surface area contributed by atoms with Crippen LogP contribution in [-0.4, -0.2) is 20.7 Å². The Morgan fingerprint density at radius 3 is 2.40 bits per heavy atom. The van der Waals surface area contributed by atoms with Crippen LogP contribution in [0, 0.1) is 26.6 Å². The van der Waals surface area contributed by atoms with Gasteiger partial charge in [0.25, 0.3) is 5.91 Å². The smallest absolute Gasteiger partial charge is 0.295 e. The van der Waals surface area contributed by atoms with Gasteiger partial charge in [-0.1, -0.05) is 24.3 Å². The molecular formula is C24H21FN4O. The molecule has 1 amide bonds. The summed E-state index contributed by atoms with van der Waals surface area (Å²) in [7, 11) is 0. The molecular weight excluding hydrogens is 379 g/mol. The SMILES string of the molecule is Cc1cccc(NC(=O)c2nc(-c3ccc(F)cc3)n(-c3cc(C)ccc3C)n2)c1. The fourth-order valence-electron chi connectivity index (χ4n) is 3.22. The number of nitrogens with zero attached hydrogens (tertiary/aromatic N) is 3. The van der Waals surface area contributed by atoms with Crippen LogP contribution in [-0.2, 0) is 0 Å². The van der Waals surface area contributed by atoms with Crippen LogP contribution in [0.25, 0.3) is 17.1 Å². The number of hydrogen-bond donors (Lipinski definition) is 1. The van der Waals surface area contributed by atoms with Crippen molar-refractivity contribution in [1.29, 1.82) is 0 Å². The molecule has 0 bridgehead atoms. The van der Waals surface area contributed by atoms with Crippen molar-refractivity contribution < 1.29 is 9.18 Å². The Balaban J connectivity index is 1.80. The lowest BCUT2D eigenvalue weighted by Crippen LogP contribution is -2.14. The molecule has 0 spiro atoms. The molecule has 1 aromatic heterocycles. The van der Waals surface area contributed by atoms with Crippen molar-refractivity contribution in [3.8, 4) is 17.1 Å². The predicted molar refractivity (Wildman–Crippen MR) is 115 cm³/mol. The molecule has 150 valence electrons. The maximum atomic E-state index is 13.4. The molecule has 3 aromatic carbocycles. The summed E-state index contributed by atoms with van der Waals surface area (Å²) in [5, 5.41) is 7.34. The Bertz CT molecular complexity index is 1230. The molecule has 1 N–H and O–H groups in total. The molecule has 30 heavy (non-hydrogen) atoms. The molecule has 0 saturated carbocycles. The first-order valence-corrected chi connectivity index (χ1v) is 9.59. The van der Waals surface area contributed by atoms with Crippen LogP contribution < -0.4 is 5.32 Å². The van der Waals surface area contributed by atoms with Crippen molar-refractivity contribution >= 4 is 11.6 Å². The normalized spacial score (nSPS) is 10.8. The van der Waals surface area contributed by atoms with Crippen molar-refractivity contribution in [2.45, 2.75) is 20.8 Å². The molecule has 6 heteroatoms. The van der Waals surface area contributed by atoms with Crippen LogP contribution in [0.15, 0.2) is 66.7 Å². The minimum atomic E-state index is -0.409. The van der Waals surface area contributed by atoms with E-state index in [1.165, 1.54) is 12.1 Å². The van der Waals surface area contributed by atoms with E-state index in [-0.39, 0.29) is 11.6 Å². The highest BCUT2D eigenvalue weighted by Crippen LogP contribution is 2.24. The lowest BCUT2D eigenvalue weighted by Gasteiger charge is -2.10. The molecule has 1 heterocycles. The number of carbonyl (C=O) groups excluding carboxylic acids is 1. The van der Waals surface area contributed by atoms with Gasteiger partial charge in [-0.3, -0.25) is 4.79 Å². The first kappa shape index (κ1) is 19.5. The van der Waals surface area contributed by atoms with E-state index in [1.807, 2.05) is 63.2 Å². The summed E-state index contributed by atoms with van der Waals surface area (Å²) in [4.78, 5) is 17.3. The van der Waals surface area contributed by atoms with E-state index in [1.54, 1.807) is 16.8 Å². The Morgan fingerprint density at radius 1 is 0.933 bits per heavy atom. The number of benzene rings is 3. The van der Waals surface area contributed by atoms with Gasteiger partial charge >= 0.3 is 0 Å². The standard InChI is InChI=1S/C24H21FN4O/c1-15-5-4-6-20(13-15)26-24(30)22-27-23(18-9-11-19(25)12-10-18)29(28-22)21-14-16(2)7-8-17(21)3/h4-14H,1-3H3,(H,26,30). The van der Waals surface area contributed by atoms with E-state index in [4.69, 9.17) is 0 Å². The molecule has 0 fully saturated rings. The van der Waals surface area contributed by atoms with E-state index in [9.17, 15) is 9.18 Å². The second-order valence-electron chi connectivity index (χ2n) is 7.29. The highest BCUT2D eigenvalue weighted by molar-refractivity contribution is 6.01. The topological polar surface area (TPSA) is 59.8 Å². The Hall–Kier alpha value is -3.80. The summed E-state index contributed by atoms with van der Waals surface area (Å²) in [6.07, 6.45) is 0. The van der Waals surface area contributed by atoms with Crippen LogP contribution >= 0.6 is 0 Å². The predicted octanol–water partition coefficient (Wildman–Crippen LogP) is 5.25. The van der Waals surface area contributed by atoms with Gasteiger partial charge in [-0.05, 0) is 79.9 Å². The molecule has 5 nitrogen and oxygen atoms in total. The molecule has 0 aliphatic heterocycles. The highest BCUT2D eigenvalue weighted by atomic mass is 19.1. The zero-order chi connectivity index (χ0) is 21.3. The average Bonchev–Trinajstić information content (AvgIpc) is 3.16. The number of aryl methyl sites for hydroxylation is 3. The minimum Gasteiger partial charge on any atom is -0.319 e. The van der Waals surface area contributed by atoms with Crippen molar-refractivity contribution in [3.05, 3.63) is 95.1 Å². The zero-order valence-corrected chi connectivity index (χ0v) is 17.0. The van der Waals surface area contributed by atoms with Gasteiger partial charge in [0.05, 0.1) is 5.69 Å². The third kappa shape index (κ3) is 3.98. The summed E-state index contributed by atoms with van der Waals surface area (Å²) in [6.45, 7) is 5.91. The summed E-state index contributed by atoms with van der Waals surface area (Å²) >= 11 is 0. The maximum absolute atomic E-state index is 13.4. The quantitative estimate of drug-likeness (QED) is 0.509. The van der Waals surface area contributed by atoms with Crippen LogP contribution in [0.5, 0.6) is 0 Å². The lowest BCUT2D eigenvalue weighted by molar-refractivity contribution is 0.101. The van der Waals surface area contributed by atoms with E-state index in [0.29, 0.717) is 17.1 Å². The number of halogens is 1. The zero-order valence-electron chi connectivity index (χ0n) is 17.0. The van der Waals surface area contributed by atoms with Crippen molar-refractivity contribution in [2.24, 2.45) is 0 Å².